The normalized spacial score (nSPS) is 11.7. The molecule has 0 saturated heterocycles. The van der Waals surface area contributed by atoms with E-state index < -0.39 is 17.7 Å². The van der Waals surface area contributed by atoms with Gasteiger partial charge in [0.25, 0.3) is 0 Å². The Balaban J connectivity index is 2.08. The summed E-state index contributed by atoms with van der Waals surface area (Å²) in [7, 11) is 0. The molecule has 3 aromatic rings. The Morgan fingerprint density at radius 2 is 1.70 bits per heavy atom. The lowest BCUT2D eigenvalue weighted by Crippen LogP contribution is -2.07. The fourth-order valence-corrected chi connectivity index (χ4v) is 2.29. The van der Waals surface area contributed by atoms with Crippen molar-refractivity contribution in [3.05, 3.63) is 52.6 Å². The van der Waals surface area contributed by atoms with Crippen molar-refractivity contribution in [1.82, 2.24) is 15.0 Å². The number of alkyl halides is 3. The van der Waals surface area contributed by atoms with Crippen LogP contribution in [0.2, 0.25) is 0 Å². The minimum atomic E-state index is -4.55. The quantitative estimate of drug-likeness (QED) is 0.596. The van der Waals surface area contributed by atoms with Gasteiger partial charge in [-0.25, -0.2) is 19.3 Å². The number of aromatic nitrogens is 3. The summed E-state index contributed by atoms with van der Waals surface area (Å²) in [5.74, 6) is -0.425. The second-order valence-electron chi connectivity index (χ2n) is 4.42. The summed E-state index contributed by atoms with van der Waals surface area (Å²) < 4.78 is 56.9. The van der Waals surface area contributed by atoms with Gasteiger partial charge in [-0.1, -0.05) is 0 Å². The van der Waals surface area contributed by atoms with Crippen LogP contribution in [0.1, 0.15) is 5.69 Å². The van der Waals surface area contributed by atoms with E-state index in [1.54, 1.807) is 0 Å². The first kappa shape index (κ1) is 15.6. The molecule has 118 valence electrons. The first-order chi connectivity index (χ1) is 10.8. The highest BCUT2D eigenvalue weighted by Crippen LogP contribution is 2.35. The van der Waals surface area contributed by atoms with Gasteiger partial charge in [-0.3, -0.25) is 0 Å². The number of ether oxygens (including phenoxy) is 1. The Hall–Kier alpha value is -2.29. The highest BCUT2D eigenvalue weighted by Gasteiger charge is 2.32. The van der Waals surface area contributed by atoms with Crippen LogP contribution in [0.3, 0.4) is 0 Å². The Morgan fingerprint density at radius 3 is 2.35 bits per heavy atom. The zero-order valence-corrected chi connectivity index (χ0v) is 12.7. The largest absolute Gasteiger partial charge is 0.433 e. The minimum Gasteiger partial charge on any atom is -0.424 e. The van der Waals surface area contributed by atoms with Gasteiger partial charge < -0.3 is 4.74 Å². The van der Waals surface area contributed by atoms with E-state index in [9.17, 15) is 17.6 Å². The summed E-state index contributed by atoms with van der Waals surface area (Å²) in [6, 6.07) is 4.99. The molecular weight excluding hydrogens is 382 g/mol. The predicted octanol–water partition coefficient (Wildman–Crippen LogP) is 4.74. The number of halogens is 5. The van der Waals surface area contributed by atoms with Crippen LogP contribution in [-0.2, 0) is 6.18 Å². The Bertz CT molecular complexity index is 868. The van der Waals surface area contributed by atoms with Gasteiger partial charge in [-0.15, -0.1) is 0 Å². The Kier molecular flexibility index (Phi) is 3.88. The van der Waals surface area contributed by atoms with Crippen molar-refractivity contribution >= 4 is 26.8 Å². The van der Waals surface area contributed by atoms with Crippen LogP contribution < -0.4 is 4.74 Å². The molecule has 0 atom stereocenters. The van der Waals surface area contributed by atoms with E-state index in [-0.39, 0.29) is 17.3 Å². The second-order valence-corrected chi connectivity index (χ2v) is 5.28. The third-order valence-electron chi connectivity index (χ3n) is 2.86. The molecule has 0 saturated carbocycles. The van der Waals surface area contributed by atoms with Gasteiger partial charge in [-0.2, -0.15) is 13.2 Å². The Labute approximate surface area is 135 Å². The van der Waals surface area contributed by atoms with Crippen molar-refractivity contribution in [1.29, 1.82) is 0 Å². The second kappa shape index (κ2) is 5.73. The van der Waals surface area contributed by atoms with Crippen LogP contribution in [0.5, 0.6) is 11.8 Å². The van der Waals surface area contributed by atoms with Gasteiger partial charge in [-0.05, 0) is 40.2 Å². The monoisotopic (exact) mass is 387 g/mol. The molecule has 0 fully saturated rings. The van der Waals surface area contributed by atoms with Crippen LogP contribution in [0, 0.1) is 5.82 Å². The summed E-state index contributed by atoms with van der Waals surface area (Å²) in [5.41, 5.74) is -0.930. The third kappa shape index (κ3) is 3.24. The molecule has 0 bridgehead atoms. The van der Waals surface area contributed by atoms with Crippen molar-refractivity contribution in [2.24, 2.45) is 0 Å². The molecule has 23 heavy (non-hydrogen) atoms. The van der Waals surface area contributed by atoms with Gasteiger partial charge in [0.1, 0.15) is 11.4 Å². The third-order valence-corrected chi connectivity index (χ3v) is 3.50. The molecule has 0 amide bonds. The smallest absolute Gasteiger partial charge is 0.424 e. The number of benzene rings is 1. The molecule has 0 unspecified atom stereocenters. The lowest BCUT2D eigenvalue weighted by Gasteiger charge is -2.11. The number of rotatable bonds is 2. The highest BCUT2D eigenvalue weighted by atomic mass is 79.9. The van der Waals surface area contributed by atoms with E-state index in [0.29, 0.717) is 9.86 Å². The Morgan fingerprint density at radius 1 is 1.00 bits per heavy atom. The van der Waals surface area contributed by atoms with E-state index in [1.165, 1.54) is 18.2 Å². The van der Waals surface area contributed by atoms with Crippen LogP contribution in [0.25, 0.3) is 10.9 Å². The molecule has 0 N–H and O–H groups in total. The van der Waals surface area contributed by atoms with Crippen molar-refractivity contribution in [2.75, 3.05) is 0 Å². The molecule has 2 heterocycles. The maximum Gasteiger partial charge on any atom is 0.433 e. The number of hydrogen-bond donors (Lipinski definition) is 0. The number of nitrogens with zero attached hydrogens (tertiary/aromatic N) is 3. The fraction of sp³-hybridized carbons (Fsp3) is 0.0714. The number of pyridine rings is 1. The van der Waals surface area contributed by atoms with Crippen LogP contribution in [0.4, 0.5) is 17.6 Å². The average molecular weight is 388 g/mol. The molecular formula is C14H6BrF4N3O. The van der Waals surface area contributed by atoms with Crippen LogP contribution in [0.15, 0.2) is 41.1 Å². The molecule has 1 aromatic carbocycles. The fourth-order valence-electron chi connectivity index (χ4n) is 1.86. The highest BCUT2D eigenvalue weighted by molar-refractivity contribution is 9.10. The zero-order valence-electron chi connectivity index (χ0n) is 11.1. The topological polar surface area (TPSA) is 47.9 Å². The first-order valence-electron chi connectivity index (χ1n) is 6.16. The van der Waals surface area contributed by atoms with Gasteiger partial charge in [0.05, 0.1) is 17.9 Å². The standard InChI is InChI=1S/C14H6BrF4N3O/c15-9-2-3-10(23-13-20-5-7(16)6-21-13)8-1-4-11(14(17,18)19)22-12(8)9/h1-6H. The first-order valence-corrected chi connectivity index (χ1v) is 6.96. The lowest BCUT2D eigenvalue weighted by molar-refractivity contribution is -0.140. The summed E-state index contributed by atoms with van der Waals surface area (Å²) in [6.07, 6.45) is -2.71. The number of hydrogen-bond acceptors (Lipinski definition) is 4. The maximum absolute atomic E-state index is 12.8. The molecule has 3 rings (SSSR count). The summed E-state index contributed by atoms with van der Waals surface area (Å²) in [6.45, 7) is 0. The van der Waals surface area contributed by atoms with Crippen molar-refractivity contribution in [3.63, 3.8) is 0 Å². The summed E-state index contributed by atoms with van der Waals surface area (Å²) in [4.78, 5) is 10.9. The van der Waals surface area contributed by atoms with Gasteiger partial charge >= 0.3 is 12.2 Å². The molecule has 0 aliphatic carbocycles. The zero-order chi connectivity index (χ0) is 16.6. The SMILES string of the molecule is Fc1cnc(Oc2ccc(Br)c3nc(C(F)(F)F)ccc23)nc1. The molecule has 0 aliphatic rings. The van der Waals surface area contributed by atoms with E-state index in [0.717, 1.165) is 18.5 Å². The average Bonchev–Trinajstić information content (AvgIpc) is 2.51. The molecule has 2 aromatic heterocycles. The van der Waals surface area contributed by atoms with Crippen LogP contribution >= 0.6 is 15.9 Å². The molecule has 0 spiro atoms. The van der Waals surface area contributed by atoms with Crippen molar-refractivity contribution < 1.29 is 22.3 Å². The van der Waals surface area contributed by atoms with Gasteiger partial charge in [0, 0.05) is 9.86 Å². The van der Waals surface area contributed by atoms with Gasteiger partial charge in [0.2, 0.25) is 0 Å². The lowest BCUT2D eigenvalue weighted by atomic mass is 10.2. The maximum atomic E-state index is 12.8. The molecule has 4 nitrogen and oxygen atoms in total. The van der Waals surface area contributed by atoms with E-state index >= 15 is 0 Å². The van der Waals surface area contributed by atoms with Crippen molar-refractivity contribution in [3.8, 4) is 11.8 Å². The minimum absolute atomic E-state index is 0.0828. The molecule has 0 radical (unpaired) electrons. The van der Waals surface area contributed by atoms with Gasteiger partial charge in [0.15, 0.2) is 5.82 Å². The van der Waals surface area contributed by atoms with E-state index in [2.05, 4.69) is 30.9 Å². The molecule has 0 aliphatic heterocycles. The number of fused-ring (bicyclic) bond motifs is 1. The van der Waals surface area contributed by atoms with E-state index in [1.807, 2.05) is 0 Å². The molecule has 9 heteroatoms. The summed E-state index contributed by atoms with van der Waals surface area (Å²) in [5, 5.41) is 0.334. The predicted molar refractivity (Wildman–Crippen MR) is 76.5 cm³/mol. The van der Waals surface area contributed by atoms with E-state index in [4.69, 9.17) is 4.74 Å². The van der Waals surface area contributed by atoms with Crippen LogP contribution in [-0.4, -0.2) is 15.0 Å². The summed E-state index contributed by atoms with van der Waals surface area (Å²) >= 11 is 3.16. The van der Waals surface area contributed by atoms with Crippen molar-refractivity contribution in [2.45, 2.75) is 6.18 Å².